The minimum absolute atomic E-state index is 0.206. The Bertz CT molecular complexity index is 1500. The molecule has 310 valence electrons. The fourth-order valence-electron chi connectivity index (χ4n) is 6.86. The van der Waals surface area contributed by atoms with E-state index in [0.29, 0.717) is 75.0 Å². The van der Waals surface area contributed by atoms with Crippen LogP contribution in [0.1, 0.15) is 84.9 Å². The molecule has 4 rings (SSSR count). The van der Waals surface area contributed by atoms with Gasteiger partial charge in [-0.25, -0.2) is 9.59 Å². The second-order valence-corrected chi connectivity index (χ2v) is 15.0. The molecular weight excluding hydrogens is 763 g/mol. The molecule has 2 aliphatic rings. The zero-order valence-corrected chi connectivity index (χ0v) is 34.3. The Morgan fingerprint density at radius 1 is 0.554 bits per heavy atom. The highest BCUT2D eigenvalue weighted by Crippen LogP contribution is 2.30. The van der Waals surface area contributed by atoms with Crippen LogP contribution in [0.3, 0.4) is 0 Å². The van der Waals surface area contributed by atoms with Gasteiger partial charge < -0.3 is 40.2 Å². The van der Waals surface area contributed by atoms with Crippen LogP contribution in [0.25, 0.3) is 0 Å². The number of nitrogen functional groups attached to an aromatic ring is 2. The number of amides is 2. The molecule has 0 saturated carbocycles. The number of carbonyl (C=O) groups excluding carboxylic acids is 4. The molecule has 2 aliphatic heterocycles. The normalized spacial score (nSPS) is 15.1. The van der Waals surface area contributed by atoms with E-state index in [1.54, 1.807) is 0 Å². The third-order valence-electron chi connectivity index (χ3n) is 10.3. The minimum Gasteiger partial charge on any atom is -0.496 e. The summed E-state index contributed by atoms with van der Waals surface area (Å²) in [5, 5.41) is 0.532. The number of rotatable bonds is 21. The van der Waals surface area contributed by atoms with E-state index >= 15 is 0 Å². The first kappa shape index (κ1) is 44.7. The topological polar surface area (TPSA) is 170 Å². The van der Waals surface area contributed by atoms with Gasteiger partial charge >= 0.3 is 11.9 Å². The lowest BCUT2D eigenvalue weighted by atomic mass is 10.1. The first-order valence-electron chi connectivity index (χ1n) is 19.6. The SMILES string of the molecule is COc1cc(N)c(Cl)cc1C(=O)OCCN1CCN(C(=O)CCCCCCCCCCC(=O)N2CCN(CCOC(=O)c3cc(Cl)c(N)cc3OC)CC2)CC1. The highest BCUT2D eigenvalue weighted by molar-refractivity contribution is 6.34. The minimum atomic E-state index is -0.519. The lowest BCUT2D eigenvalue weighted by Crippen LogP contribution is -2.49. The molecule has 56 heavy (non-hydrogen) atoms. The number of benzene rings is 2. The van der Waals surface area contributed by atoms with Crippen LogP contribution in [0.5, 0.6) is 11.5 Å². The fourth-order valence-corrected chi connectivity index (χ4v) is 7.18. The van der Waals surface area contributed by atoms with E-state index in [1.807, 2.05) is 9.80 Å². The van der Waals surface area contributed by atoms with Gasteiger partial charge in [-0.2, -0.15) is 0 Å². The second-order valence-electron chi connectivity index (χ2n) is 14.2. The Kier molecular flexibility index (Phi) is 18.6. The van der Waals surface area contributed by atoms with E-state index in [4.69, 9.17) is 53.6 Å². The molecule has 14 nitrogen and oxygen atoms in total. The van der Waals surface area contributed by atoms with Crippen molar-refractivity contribution in [3.8, 4) is 11.5 Å². The Balaban J connectivity index is 0.949. The maximum atomic E-state index is 12.8. The van der Waals surface area contributed by atoms with Crippen LogP contribution in [0, 0.1) is 0 Å². The summed E-state index contributed by atoms with van der Waals surface area (Å²) in [6, 6.07) is 5.92. The number of carbonyl (C=O) groups is 4. The van der Waals surface area contributed by atoms with Gasteiger partial charge in [0.1, 0.15) is 35.8 Å². The standard InChI is InChI=1S/C40H58Cl2N6O8/c1-53-35-27-33(43)31(41)25-29(35)39(51)55-23-21-45-13-17-47(18-14-45)37(49)11-9-7-5-3-4-6-8-10-12-38(50)48-19-15-46(16-20-48)22-24-56-40(52)30-26-32(42)34(44)28-36(30)54-2/h25-28H,3-24,43-44H2,1-2H3. The molecule has 16 heteroatoms. The smallest absolute Gasteiger partial charge is 0.342 e. The zero-order chi connectivity index (χ0) is 40.5. The number of ether oxygens (including phenoxy) is 4. The van der Waals surface area contributed by atoms with Crippen molar-refractivity contribution < 1.29 is 38.1 Å². The highest BCUT2D eigenvalue weighted by Gasteiger charge is 2.24. The van der Waals surface area contributed by atoms with E-state index in [9.17, 15) is 19.2 Å². The van der Waals surface area contributed by atoms with Crippen LogP contribution in [0.4, 0.5) is 11.4 Å². The predicted octanol–water partition coefficient (Wildman–Crippen LogP) is 5.38. The van der Waals surface area contributed by atoms with Gasteiger partial charge in [0.15, 0.2) is 0 Å². The third-order valence-corrected chi connectivity index (χ3v) is 11.0. The van der Waals surface area contributed by atoms with Crippen molar-refractivity contribution in [3.05, 3.63) is 45.4 Å². The van der Waals surface area contributed by atoms with Crippen LogP contribution >= 0.6 is 23.2 Å². The average molecular weight is 822 g/mol. The van der Waals surface area contributed by atoms with Gasteiger partial charge in [0.25, 0.3) is 0 Å². The summed E-state index contributed by atoms with van der Waals surface area (Å²) in [6.45, 7) is 7.25. The molecule has 0 bridgehead atoms. The summed E-state index contributed by atoms with van der Waals surface area (Å²) < 4.78 is 21.4. The molecule has 2 aromatic rings. The van der Waals surface area contributed by atoms with E-state index in [0.717, 1.165) is 77.5 Å². The lowest BCUT2D eigenvalue weighted by molar-refractivity contribution is -0.133. The Morgan fingerprint density at radius 2 is 0.893 bits per heavy atom. The van der Waals surface area contributed by atoms with Crippen LogP contribution in [-0.2, 0) is 19.1 Å². The number of halogens is 2. The summed E-state index contributed by atoms with van der Waals surface area (Å²) in [6.07, 6.45) is 9.53. The van der Waals surface area contributed by atoms with Crippen molar-refractivity contribution in [2.45, 2.75) is 64.2 Å². The Labute approximate surface area is 340 Å². The van der Waals surface area contributed by atoms with Crippen molar-refractivity contribution in [1.82, 2.24) is 19.6 Å². The first-order chi connectivity index (χ1) is 27.0. The predicted molar refractivity (Wildman–Crippen MR) is 218 cm³/mol. The first-order valence-corrected chi connectivity index (χ1v) is 20.4. The molecule has 2 amide bonds. The zero-order valence-electron chi connectivity index (χ0n) is 32.8. The third kappa shape index (κ3) is 13.9. The van der Waals surface area contributed by atoms with Gasteiger partial charge in [0.2, 0.25) is 11.8 Å². The monoisotopic (exact) mass is 820 g/mol. The number of piperazine rings is 2. The van der Waals surface area contributed by atoms with Crippen molar-refractivity contribution in [1.29, 1.82) is 0 Å². The van der Waals surface area contributed by atoms with Gasteiger partial charge in [-0.1, -0.05) is 61.7 Å². The number of anilines is 2. The molecule has 0 aromatic heterocycles. The van der Waals surface area contributed by atoms with Gasteiger partial charge in [-0.05, 0) is 25.0 Å². The van der Waals surface area contributed by atoms with Gasteiger partial charge in [-0.3, -0.25) is 19.4 Å². The number of nitrogens with two attached hydrogens (primary N) is 2. The molecule has 0 radical (unpaired) electrons. The molecular formula is C40H58Cl2N6O8. The van der Waals surface area contributed by atoms with Crippen LogP contribution in [0.15, 0.2) is 24.3 Å². The summed E-state index contributed by atoms with van der Waals surface area (Å²) in [4.78, 5) is 58.9. The second kappa shape index (κ2) is 23.3. The maximum absolute atomic E-state index is 12.8. The summed E-state index contributed by atoms with van der Waals surface area (Å²) in [5.74, 6) is 0.00549. The van der Waals surface area contributed by atoms with Crippen LogP contribution < -0.4 is 20.9 Å². The summed E-state index contributed by atoms with van der Waals surface area (Å²) in [7, 11) is 2.91. The summed E-state index contributed by atoms with van der Waals surface area (Å²) >= 11 is 12.1. The molecule has 4 N–H and O–H groups in total. The van der Waals surface area contributed by atoms with E-state index in [-0.39, 0.29) is 46.2 Å². The van der Waals surface area contributed by atoms with Crippen LogP contribution in [-0.4, -0.2) is 136 Å². The Hall–Kier alpha value is -3.98. The largest absolute Gasteiger partial charge is 0.496 e. The number of unbranched alkanes of at least 4 members (excludes halogenated alkanes) is 7. The maximum Gasteiger partial charge on any atom is 0.342 e. The number of hydrogen-bond donors (Lipinski definition) is 2. The van der Waals surface area contributed by atoms with Gasteiger partial charge in [0, 0.05) is 90.4 Å². The molecule has 0 aliphatic carbocycles. The fraction of sp³-hybridized carbons (Fsp3) is 0.600. The molecule has 0 atom stereocenters. The molecule has 2 heterocycles. The number of esters is 2. The highest BCUT2D eigenvalue weighted by atomic mass is 35.5. The Morgan fingerprint density at radius 3 is 1.23 bits per heavy atom. The average Bonchev–Trinajstić information content (AvgIpc) is 3.20. The molecule has 2 saturated heterocycles. The van der Waals surface area contributed by atoms with Crippen molar-refractivity contribution in [3.63, 3.8) is 0 Å². The van der Waals surface area contributed by atoms with Crippen LogP contribution in [0.2, 0.25) is 10.0 Å². The quantitative estimate of drug-likeness (QED) is 0.0939. The van der Waals surface area contributed by atoms with Crippen molar-refractivity contribution >= 4 is 58.3 Å². The number of nitrogens with zero attached hydrogens (tertiary/aromatic N) is 4. The van der Waals surface area contributed by atoms with E-state index in [2.05, 4.69) is 9.80 Å². The molecule has 2 fully saturated rings. The number of hydrogen-bond acceptors (Lipinski definition) is 12. The van der Waals surface area contributed by atoms with Crippen molar-refractivity contribution in [2.75, 3.05) is 104 Å². The van der Waals surface area contributed by atoms with Gasteiger partial charge in [0.05, 0.1) is 35.6 Å². The molecule has 2 aromatic carbocycles. The summed E-state index contributed by atoms with van der Waals surface area (Å²) in [5.41, 5.74) is 12.7. The number of methoxy groups -OCH3 is 2. The van der Waals surface area contributed by atoms with Gasteiger partial charge in [-0.15, -0.1) is 0 Å². The van der Waals surface area contributed by atoms with E-state index in [1.165, 1.54) is 38.5 Å². The van der Waals surface area contributed by atoms with E-state index < -0.39 is 11.9 Å². The molecule has 0 spiro atoms. The molecule has 0 unspecified atom stereocenters. The lowest BCUT2D eigenvalue weighted by Gasteiger charge is -2.34. The van der Waals surface area contributed by atoms with Crippen molar-refractivity contribution in [2.24, 2.45) is 0 Å².